The number of halogens is 2. The maximum atomic E-state index is 14.3. The minimum Gasteiger partial charge on any atom is -0.364 e. The topological polar surface area (TPSA) is 72.9 Å². The minimum atomic E-state index is -0.495. The van der Waals surface area contributed by atoms with Crippen molar-refractivity contribution in [1.29, 1.82) is 0 Å². The van der Waals surface area contributed by atoms with Gasteiger partial charge in [0.1, 0.15) is 23.5 Å². The summed E-state index contributed by atoms with van der Waals surface area (Å²) >= 11 is 0. The van der Waals surface area contributed by atoms with Crippen molar-refractivity contribution in [3.63, 3.8) is 0 Å². The summed E-state index contributed by atoms with van der Waals surface area (Å²) in [7, 11) is 0. The molecule has 1 aromatic carbocycles. The van der Waals surface area contributed by atoms with Gasteiger partial charge >= 0.3 is 0 Å². The van der Waals surface area contributed by atoms with E-state index in [0.29, 0.717) is 35.7 Å². The van der Waals surface area contributed by atoms with E-state index in [1.54, 1.807) is 39.9 Å². The molecule has 0 atom stereocenters. The molecule has 0 saturated heterocycles. The molecule has 0 unspecified atom stereocenters. The zero-order valence-corrected chi connectivity index (χ0v) is 16.6. The third kappa shape index (κ3) is 3.78. The molecule has 0 amide bonds. The lowest BCUT2D eigenvalue weighted by atomic mass is 10.2. The molecule has 0 aliphatic heterocycles. The monoisotopic (exact) mass is 410 g/mol. The van der Waals surface area contributed by atoms with Crippen molar-refractivity contribution < 1.29 is 13.3 Å². The van der Waals surface area contributed by atoms with Gasteiger partial charge in [-0.15, -0.1) is 0 Å². The Hall–Kier alpha value is -3.62. The number of hydrogen-bond acceptors (Lipinski definition) is 6. The molecular formula is C21H20F2N6O. The Balaban J connectivity index is 1.79. The van der Waals surface area contributed by atoms with Crippen LogP contribution in [-0.4, -0.2) is 38.0 Å². The second kappa shape index (κ2) is 8.40. The Labute approximate surface area is 172 Å². The van der Waals surface area contributed by atoms with Crippen molar-refractivity contribution in [1.82, 2.24) is 24.9 Å². The van der Waals surface area contributed by atoms with Gasteiger partial charge in [-0.25, -0.2) is 18.7 Å². The van der Waals surface area contributed by atoms with Crippen molar-refractivity contribution in [3.8, 4) is 22.9 Å². The van der Waals surface area contributed by atoms with Crippen molar-refractivity contribution in [2.75, 3.05) is 18.0 Å². The molecule has 9 heteroatoms. The predicted molar refractivity (Wildman–Crippen MR) is 108 cm³/mol. The molecule has 30 heavy (non-hydrogen) atoms. The van der Waals surface area contributed by atoms with Gasteiger partial charge in [0.15, 0.2) is 17.5 Å². The van der Waals surface area contributed by atoms with Gasteiger partial charge in [0, 0.05) is 24.7 Å². The maximum Gasteiger partial charge on any atom is 0.183 e. The number of rotatable bonds is 7. The van der Waals surface area contributed by atoms with E-state index in [2.05, 4.69) is 20.2 Å². The minimum absolute atomic E-state index is 0.180. The normalized spacial score (nSPS) is 11.1. The van der Waals surface area contributed by atoms with Gasteiger partial charge in [0.2, 0.25) is 0 Å². The van der Waals surface area contributed by atoms with Crippen LogP contribution in [0.5, 0.6) is 0 Å². The Bertz CT molecular complexity index is 1140. The quantitative estimate of drug-likeness (QED) is 0.455. The number of anilines is 1. The highest BCUT2D eigenvalue weighted by Gasteiger charge is 2.19. The molecule has 0 spiro atoms. The van der Waals surface area contributed by atoms with Gasteiger partial charge in [-0.1, -0.05) is 23.4 Å². The lowest BCUT2D eigenvalue weighted by Gasteiger charge is -2.20. The van der Waals surface area contributed by atoms with Crippen LogP contribution in [0, 0.1) is 11.6 Å². The molecule has 3 aromatic heterocycles. The summed E-state index contributed by atoms with van der Waals surface area (Å²) in [5, 5.41) is 8.52. The lowest BCUT2D eigenvalue weighted by molar-refractivity contribution is 0.421. The maximum absolute atomic E-state index is 14.3. The molecule has 0 bridgehead atoms. The molecule has 3 heterocycles. The average molecular weight is 410 g/mol. The molecule has 4 rings (SSSR count). The standard InChI is InChI=1S/C21H20F2N6O/c1-3-28(4-2)21-16(23)12-24-20(25-21)18-11-19(17-9-10-30-27-17)29(26-18)13-14-7-5-6-8-15(14)22/h5-12H,3-4,13H2,1-2H3. The van der Waals surface area contributed by atoms with E-state index in [1.807, 2.05) is 13.8 Å². The van der Waals surface area contributed by atoms with E-state index >= 15 is 0 Å². The van der Waals surface area contributed by atoms with Gasteiger partial charge < -0.3 is 9.42 Å². The Morgan fingerprint density at radius 1 is 1.03 bits per heavy atom. The van der Waals surface area contributed by atoms with E-state index in [4.69, 9.17) is 4.52 Å². The second-order valence-electron chi connectivity index (χ2n) is 6.59. The van der Waals surface area contributed by atoms with E-state index in [-0.39, 0.29) is 24.0 Å². The van der Waals surface area contributed by atoms with Crippen LogP contribution in [-0.2, 0) is 6.54 Å². The van der Waals surface area contributed by atoms with Gasteiger partial charge in [0.05, 0.1) is 18.4 Å². The molecule has 0 aliphatic rings. The Morgan fingerprint density at radius 3 is 2.53 bits per heavy atom. The zero-order chi connectivity index (χ0) is 21.1. The first-order chi connectivity index (χ1) is 14.6. The summed E-state index contributed by atoms with van der Waals surface area (Å²) in [6.07, 6.45) is 2.59. The SMILES string of the molecule is CCN(CC)c1nc(-c2cc(-c3ccon3)n(Cc3ccccc3F)n2)ncc1F. The summed E-state index contributed by atoms with van der Waals surface area (Å²) in [5.74, 6) is -0.334. The number of benzene rings is 1. The first-order valence-electron chi connectivity index (χ1n) is 9.60. The Morgan fingerprint density at radius 2 is 1.83 bits per heavy atom. The predicted octanol–water partition coefficient (Wildman–Crippen LogP) is 4.17. The molecule has 0 saturated carbocycles. The molecule has 0 N–H and O–H groups in total. The van der Waals surface area contributed by atoms with E-state index in [9.17, 15) is 8.78 Å². The fourth-order valence-corrected chi connectivity index (χ4v) is 3.21. The number of nitrogens with zero attached hydrogens (tertiary/aromatic N) is 6. The smallest absolute Gasteiger partial charge is 0.183 e. The van der Waals surface area contributed by atoms with Crippen LogP contribution < -0.4 is 4.90 Å². The zero-order valence-electron chi connectivity index (χ0n) is 16.6. The highest BCUT2D eigenvalue weighted by atomic mass is 19.1. The van der Waals surface area contributed by atoms with Gasteiger partial charge in [-0.2, -0.15) is 5.10 Å². The van der Waals surface area contributed by atoms with Crippen LogP contribution in [0.1, 0.15) is 19.4 Å². The first-order valence-corrected chi connectivity index (χ1v) is 9.60. The van der Waals surface area contributed by atoms with Crippen molar-refractivity contribution in [2.45, 2.75) is 20.4 Å². The molecule has 154 valence electrons. The van der Waals surface area contributed by atoms with Gasteiger partial charge in [-0.3, -0.25) is 4.68 Å². The summed E-state index contributed by atoms with van der Waals surface area (Å²) in [6, 6.07) is 9.90. The molecule has 0 fully saturated rings. The molecule has 7 nitrogen and oxygen atoms in total. The van der Waals surface area contributed by atoms with Crippen LogP contribution in [0.25, 0.3) is 22.9 Å². The number of hydrogen-bond donors (Lipinski definition) is 0. The third-order valence-electron chi connectivity index (χ3n) is 4.78. The fraction of sp³-hybridized carbons (Fsp3) is 0.238. The largest absolute Gasteiger partial charge is 0.364 e. The fourth-order valence-electron chi connectivity index (χ4n) is 3.21. The number of aromatic nitrogens is 5. The van der Waals surface area contributed by atoms with Crippen LogP contribution in [0.2, 0.25) is 0 Å². The molecular weight excluding hydrogens is 390 g/mol. The highest BCUT2D eigenvalue weighted by Crippen LogP contribution is 2.26. The van der Waals surface area contributed by atoms with Crippen LogP contribution in [0.15, 0.2) is 53.4 Å². The first kappa shape index (κ1) is 19.7. The summed E-state index contributed by atoms with van der Waals surface area (Å²) in [6.45, 7) is 5.25. The molecule has 0 radical (unpaired) electrons. The van der Waals surface area contributed by atoms with Crippen LogP contribution >= 0.6 is 0 Å². The molecule has 4 aromatic rings. The van der Waals surface area contributed by atoms with E-state index in [1.165, 1.54) is 12.3 Å². The van der Waals surface area contributed by atoms with Crippen LogP contribution in [0.4, 0.5) is 14.6 Å². The summed E-state index contributed by atoms with van der Waals surface area (Å²) in [4.78, 5) is 10.3. The van der Waals surface area contributed by atoms with Gasteiger partial charge in [-0.05, 0) is 26.0 Å². The summed E-state index contributed by atoms with van der Waals surface area (Å²) in [5.41, 5.74) is 2.05. The highest BCUT2D eigenvalue weighted by molar-refractivity contribution is 5.63. The second-order valence-corrected chi connectivity index (χ2v) is 6.59. The average Bonchev–Trinajstić information content (AvgIpc) is 3.42. The van der Waals surface area contributed by atoms with Gasteiger partial charge in [0.25, 0.3) is 0 Å². The van der Waals surface area contributed by atoms with Crippen molar-refractivity contribution >= 4 is 5.82 Å². The molecule has 0 aliphatic carbocycles. The van der Waals surface area contributed by atoms with E-state index < -0.39 is 5.82 Å². The Kier molecular flexibility index (Phi) is 5.51. The summed E-state index contributed by atoms with van der Waals surface area (Å²) < 4.78 is 35.1. The van der Waals surface area contributed by atoms with Crippen molar-refractivity contribution in [3.05, 3.63) is 66.1 Å². The third-order valence-corrected chi connectivity index (χ3v) is 4.78. The van der Waals surface area contributed by atoms with E-state index in [0.717, 1.165) is 6.20 Å². The van der Waals surface area contributed by atoms with Crippen molar-refractivity contribution in [2.24, 2.45) is 0 Å². The van der Waals surface area contributed by atoms with Crippen LogP contribution in [0.3, 0.4) is 0 Å². The lowest BCUT2D eigenvalue weighted by Crippen LogP contribution is -2.24.